The molecule has 0 aliphatic rings. The number of benzene rings is 2. The van der Waals surface area contributed by atoms with Gasteiger partial charge in [-0.05, 0) is 24.6 Å². The van der Waals surface area contributed by atoms with E-state index in [0.717, 1.165) is 0 Å². The van der Waals surface area contributed by atoms with Gasteiger partial charge in [0.1, 0.15) is 0 Å². The largest absolute Gasteiger partial charge is 0.452 e. The summed E-state index contributed by atoms with van der Waals surface area (Å²) in [6.45, 7) is 1.54. The number of nitriles is 1. The summed E-state index contributed by atoms with van der Waals surface area (Å²) < 4.78 is 5.05. The van der Waals surface area contributed by atoms with Crippen molar-refractivity contribution < 1.29 is 19.1 Å². The monoisotopic (exact) mass is 365 g/mol. The highest BCUT2D eigenvalue weighted by atomic mass is 16.5. The maximum Gasteiger partial charge on any atom is 0.339 e. The molecule has 7 nitrogen and oxygen atoms in total. The zero-order valence-electron chi connectivity index (χ0n) is 14.8. The van der Waals surface area contributed by atoms with Crippen LogP contribution < -0.4 is 10.6 Å². The molecule has 0 aromatic heterocycles. The van der Waals surface area contributed by atoms with E-state index in [1.165, 1.54) is 0 Å². The summed E-state index contributed by atoms with van der Waals surface area (Å²) in [5.41, 5.74) is 1.82. The van der Waals surface area contributed by atoms with Crippen LogP contribution in [0.4, 0.5) is 0 Å². The highest BCUT2D eigenvalue weighted by Gasteiger charge is 2.17. The molecule has 0 bridgehead atoms. The molecule has 7 heteroatoms. The van der Waals surface area contributed by atoms with Crippen molar-refractivity contribution >= 4 is 17.8 Å². The first-order chi connectivity index (χ1) is 13.1. The van der Waals surface area contributed by atoms with E-state index in [4.69, 9.17) is 4.74 Å². The van der Waals surface area contributed by atoms with E-state index in [-0.39, 0.29) is 18.0 Å². The first-order valence-electron chi connectivity index (χ1n) is 8.35. The lowest BCUT2D eigenvalue weighted by molar-refractivity contribution is -0.127. The van der Waals surface area contributed by atoms with Crippen LogP contribution in [0.2, 0.25) is 0 Å². The maximum absolute atomic E-state index is 12.4. The van der Waals surface area contributed by atoms with Crippen LogP contribution in [0.3, 0.4) is 0 Å². The third-order valence-corrected chi connectivity index (χ3v) is 3.64. The van der Waals surface area contributed by atoms with Gasteiger partial charge in [-0.25, -0.2) is 4.79 Å². The summed E-state index contributed by atoms with van der Waals surface area (Å²) in [6, 6.07) is 15.7. The Hall–Kier alpha value is -3.66. The zero-order chi connectivity index (χ0) is 19.6. The maximum atomic E-state index is 12.4. The summed E-state index contributed by atoms with van der Waals surface area (Å²) in [7, 11) is 0. The molecular weight excluding hydrogens is 346 g/mol. The molecular formula is C20H19N3O4. The summed E-state index contributed by atoms with van der Waals surface area (Å²) in [5, 5.41) is 14.2. The summed E-state index contributed by atoms with van der Waals surface area (Å²) in [6.07, 6.45) is 0. The van der Waals surface area contributed by atoms with Crippen LogP contribution >= 0.6 is 0 Å². The van der Waals surface area contributed by atoms with Crippen molar-refractivity contribution in [3.8, 4) is 17.2 Å². The van der Waals surface area contributed by atoms with Gasteiger partial charge in [-0.3, -0.25) is 9.59 Å². The van der Waals surface area contributed by atoms with E-state index in [1.54, 1.807) is 55.5 Å². The Balaban J connectivity index is 2.07. The summed E-state index contributed by atoms with van der Waals surface area (Å²) in [5.74, 6) is -1.59. The SMILES string of the molecule is CCNC(=O)CNC(=O)COC(=O)c1ccccc1-c1ccccc1C#N. The number of hydrogen-bond donors (Lipinski definition) is 2. The molecule has 2 amide bonds. The topological polar surface area (TPSA) is 108 Å². The molecule has 0 heterocycles. The summed E-state index contributed by atoms with van der Waals surface area (Å²) in [4.78, 5) is 35.5. The molecule has 0 unspecified atom stereocenters. The number of esters is 1. The lowest BCUT2D eigenvalue weighted by Gasteiger charge is -2.11. The lowest BCUT2D eigenvalue weighted by atomic mass is 9.96. The molecule has 0 saturated heterocycles. The van der Waals surface area contributed by atoms with Gasteiger partial charge in [0, 0.05) is 12.1 Å². The van der Waals surface area contributed by atoms with E-state index in [0.29, 0.717) is 23.2 Å². The number of hydrogen-bond acceptors (Lipinski definition) is 5. The summed E-state index contributed by atoms with van der Waals surface area (Å²) >= 11 is 0. The van der Waals surface area contributed by atoms with E-state index in [9.17, 15) is 19.6 Å². The first-order valence-corrected chi connectivity index (χ1v) is 8.35. The van der Waals surface area contributed by atoms with Crippen molar-refractivity contribution in [3.05, 3.63) is 59.7 Å². The highest BCUT2D eigenvalue weighted by Crippen LogP contribution is 2.27. The van der Waals surface area contributed by atoms with Gasteiger partial charge in [0.15, 0.2) is 6.61 Å². The van der Waals surface area contributed by atoms with Crippen LogP contribution in [0, 0.1) is 11.3 Å². The van der Waals surface area contributed by atoms with Crippen LogP contribution in [0.25, 0.3) is 11.1 Å². The fourth-order valence-electron chi connectivity index (χ4n) is 2.41. The first kappa shape index (κ1) is 19.7. The van der Waals surface area contributed by atoms with Crippen molar-refractivity contribution in [2.75, 3.05) is 19.7 Å². The Bertz CT molecular complexity index is 887. The molecule has 0 fully saturated rings. The average Bonchev–Trinajstić information content (AvgIpc) is 2.70. The second-order valence-corrected chi connectivity index (χ2v) is 5.51. The third-order valence-electron chi connectivity index (χ3n) is 3.64. The zero-order valence-corrected chi connectivity index (χ0v) is 14.8. The number of nitrogens with zero attached hydrogens (tertiary/aromatic N) is 1. The highest BCUT2D eigenvalue weighted by molar-refractivity contribution is 5.99. The fraction of sp³-hybridized carbons (Fsp3) is 0.200. The standard InChI is InChI=1S/C20H19N3O4/c1-2-22-18(24)12-23-19(25)13-27-20(26)17-10-6-5-9-16(17)15-8-4-3-7-14(15)11-21/h3-10H,2,12-13H2,1H3,(H,22,24)(H,23,25). The quantitative estimate of drug-likeness (QED) is 0.725. The van der Waals surface area contributed by atoms with Gasteiger partial charge in [0.05, 0.1) is 23.7 Å². The van der Waals surface area contributed by atoms with Crippen LogP contribution in [0.15, 0.2) is 48.5 Å². The number of amides is 2. The van der Waals surface area contributed by atoms with Gasteiger partial charge in [0.25, 0.3) is 5.91 Å². The number of rotatable bonds is 7. The predicted molar refractivity (Wildman–Crippen MR) is 98.6 cm³/mol. The Morgan fingerprint density at radius 3 is 2.33 bits per heavy atom. The van der Waals surface area contributed by atoms with E-state index in [2.05, 4.69) is 16.7 Å². The molecule has 0 aliphatic carbocycles. The van der Waals surface area contributed by atoms with Gasteiger partial charge in [-0.15, -0.1) is 0 Å². The van der Waals surface area contributed by atoms with Crippen LogP contribution in [0.1, 0.15) is 22.8 Å². The van der Waals surface area contributed by atoms with E-state index >= 15 is 0 Å². The predicted octanol–water partition coefficient (Wildman–Crippen LogP) is 1.63. The van der Waals surface area contributed by atoms with Gasteiger partial charge >= 0.3 is 5.97 Å². The molecule has 2 aromatic rings. The third kappa shape index (κ3) is 5.41. The molecule has 2 rings (SSSR count). The van der Waals surface area contributed by atoms with Crippen molar-refractivity contribution in [1.29, 1.82) is 5.26 Å². The number of ether oxygens (including phenoxy) is 1. The van der Waals surface area contributed by atoms with Crippen molar-refractivity contribution in [3.63, 3.8) is 0 Å². The Morgan fingerprint density at radius 2 is 1.63 bits per heavy atom. The molecule has 0 spiro atoms. The number of nitrogens with one attached hydrogen (secondary N) is 2. The van der Waals surface area contributed by atoms with Crippen LogP contribution in [-0.2, 0) is 14.3 Å². The Morgan fingerprint density at radius 1 is 0.963 bits per heavy atom. The second kappa shape index (κ2) is 9.73. The molecule has 27 heavy (non-hydrogen) atoms. The lowest BCUT2D eigenvalue weighted by Crippen LogP contribution is -2.38. The molecule has 0 atom stereocenters. The van der Waals surface area contributed by atoms with Gasteiger partial charge in [-0.2, -0.15) is 5.26 Å². The Labute approximate surface area is 156 Å². The fourth-order valence-corrected chi connectivity index (χ4v) is 2.41. The second-order valence-electron chi connectivity index (χ2n) is 5.51. The molecule has 0 aliphatic heterocycles. The van der Waals surface area contributed by atoms with Crippen molar-refractivity contribution in [2.45, 2.75) is 6.92 Å². The molecule has 0 radical (unpaired) electrons. The number of likely N-dealkylation sites (N-methyl/N-ethyl adjacent to an activating group) is 1. The minimum Gasteiger partial charge on any atom is -0.452 e. The Kier molecular flexibility index (Phi) is 7.08. The van der Waals surface area contributed by atoms with E-state index in [1.807, 2.05) is 0 Å². The van der Waals surface area contributed by atoms with Crippen molar-refractivity contribution in [1.82, 2.24) is 10.6 Å². The smallest absolute Gasteiger partial charge is 0.339 e. The normalized spacial score (nSPS) is 9.78. The van der Waals surface area contributed by atoms with Crippen LogP contribution in [-0.4, -0.2) is 37.5 Å². The molecule has 0 saturated carbocycles. The average molecular weight is 365 g/mol. The molecule has 138 valence electrons. The minimum absolute atomic E-state index is 0.184. The van der Waals surface area contributed by atoms with Gasteiger partial charge < -0.3 is 15.4 Å². The number of carbonyl (C=O) groups excluding carboxylic acids is 3. The van der Waals surface area contributed by atoms with Gasteiger partial charge in [-0.1, -0.05) is 36.4 Å². The van der Waals surface area contributed by atoms with Crippen LogP contribution in [0.5, 0.6) is 0 Å². The number of carbonyl (C=O) groups is 3. The van der Waals surface area contributed by atoms with Crippen molar-refractivity contribution in [2.24, 2.45) is 0 Å². The van der Waals surface area contributed by atoms with Gasteiger partial charge in [0.2, 0.25) is 5.91 Å². The molecule has 2 N–H and O–H groups in total. The minimum atomic E-state index is -0.688. The molecule has 2 aromatic carbocycles. The van der Waals surface area contributed by atoms with E-state index < -0.39 is 18.5 Å².